The van der Waals surface area contributed by atoms with Crippen LogP contribution < -0.4 is 5.73 Å². The zero-order valence-corrected chi connectivity index (χ0v) is 13.2. The van der Waals surface area contributed by atoms with Crippen LogP contribution in [0.15, 0.2) is 36.5 Å². The Bertz CT molecular complexity index is 630. The molecule has 0 fully saturated rings. The highest BCUT2D eigenvalue weighted by Crippen LogP contribution is 2.39. The van der Waals surface area contributed by atoms with E-state index in [0.29, 0.717) is 0 Å². The van der Waals surface area contributed by atoms with E-state index in [-0.39, 0.29) is 17.8 Å². The van der Waals surface area contributed by atoms with Crippen LogP contribution in [-0.2, 0) is 6.42 Å². The van der Waals surface area contributed by atoms with Gasteiger partial charge in [0.1, 0.15) is 5.82 Å². The van der Waals surface area contributed by atoms with Crippen LogP contribution in [0.3, 0.4) is 0 Å². The molecular weight excluding hydrogens is 366 g/mol. The van der Waals surface area contributed by atoms with Crippen molar-refractivity contribution in [3.8, 4) is 0 Å². The average Bonchev–Trinajstić information content (AvgIpc) is 2.46. The summed E-state index contributed by atoms with van der Waals surface area (Å²) >= 11 is 2.16. The quantitative estimate of drug-likeness (QED) is 0.800. The zero-order chi connectivity index (χ0) is 14.1. The smallest absolute Gasteiger partial charge is 0.124 e. The number of nitrogens with zero attached hydrogens (tertiary/aromatic N) is 1. The summed E-state index contributed by atoms with van der Waals surface area (Å²) in [5, 5.41) is 0. The zero-order valence-electron chi connectivity index (χ0n) is 11.0. The third kappa shape index (κ3) is 2.59. The monoisotopic (exact) mass is 382 g/mol. The highest BCUT2D eigenvalue weighted by molar-refractivity contribution is 14.1. The van der Waals surface area contributed by atoms with E-state index in [1.807, 2.05) is 12.3 Å². The van der Waals surface area contributed by atoms with Gasteiger partial charge in [0.15, 0.2) is 0 Å². The van der Waals surface area contributed by atoms with E-state index in [4.69, 9.17) is 5.73 Å². The topological polar surface area (TPSA) is 38.9 Å². The van der Waals surface area contributed by atoms with Crippen molar-refractivity contribution >= 4 is 22.6 Å². The number of rotatable bonds is 2. The number of hydrogen-bond donors (Lipinski definition) is 1. The number of halogens is 2. The van der Waals surface area contributed by atoms with Crippen LogP contribution >= 0.6 is 22.6 Å². The van der Waals surface area contributed by atoms with Crippen LogP contribution in [-0.4, -0.2) is 4.98 Å². The van der Waals surface area contributed by atoms with Crippen molar-refractivity contribution in [1.82, 2.24) is 4.98 Å². The number of benzene rings is 1. The lowest BCUT2D eigenvalue weighted by atomic mass is 9.80. The molecule has 0 bridgehead atoms. The molecule has 20 heavy (non-hydrogen) atoms. The number of fused-ring (bicyclic) bond motifs is 1. The third-order valence-corrected chi connectivity index (χ3v) is 4.93. The molecule has 104 valence electrons. The molecule has 1 aromatic heterocycles. The fourth-order valence-corrected chi connectivity index (χ4v) is 3.82. The summed E-state index contributed by atoms with van der Waals surface area (Å²) in [6.45, 7) is 0. The van der Waals surface area contributed by atoms with E-state index >= 15 is 0 Å². The Morgan fingerprint density at radius 3 is 3.00 bits per heavy atom. The average molecular weight is 382 g/mol. The summed E-state index contributed by atoms with van der Waals surface area (Å²) in [4.78, 5) is 4.54. The van der Waals surface area contributed by atoms with Crippen LogP contribution in [0, 0.1) is 9.39 Å². The number of pyridine rings is 1. The first-order valence-corrected chi connectivity index (χ1v) is 7.89. The summed E-state index contributed by atoms with van der Waals surface area (Å²) in [7, 11) is 0. The van der Waals surface area contributed by atoms with Crippen molar-refractivity contribution in [2.24, 2.45) is 5.73 Å². The summed E-state index contributed by atoms with van der Waals surface area (Å²) in [6, 6.07) is 8.82. The van der Waals surface area contributed by atoms with Gasteiger partial charge < -0.3 is 5.73 Å². The van der Waals surface area contributed by atoms with Crippen molar-refractivity contribution < 1.29 is 4.39 Å². The van der Waals surface area contributed by atoms with Crippen LogP contribution in [0.25, 0.3) is 0 Å². The van der Waals surface area contributed by atoms with Crippen LogP contribution in [0.4, 0.5) is 4.39 Å². The Kier molecular flexibility index (Phi) is 4.03. The molecule has 0 radical (unpaired) electrons. The standard InChI is InChI=1S/C16H16FIN2/c17-11-6-7-12(14(18)9-11)15(19)13-5-1-3-10-4-2-8-20-16(10)13/h2,4,6-9,13,15H,1,3,5,19H2. The molecule has 0 amide bonds. The van der Waals surface area contributed by atoms with Crippen molar-refractivity contribution in [1.29, 1.82) is 0 Å². The van der Waals surface area contributed by atoms with Gasteiger partial charge in [0.05, 0.1) is 0 Å². The molecule has 0 spiro atoms. The molecule has 0 saturated carbocycles. The first-order valence-electron chi connectivity index (χ1n) is 6.81. The molecule has 0 aliphatic heterocycles. The minimum atomic E-state index is -0.215. The molecule has 0 saturated heterocycles. The van der Waals surface area contributed by atoms with Crippen LogP contribution in [0.5, 0.6) is 0 Å². The molecule has 2 aromatic rings. The molecule has 1 aliphatic carbocycles. The largest absolute Gasteiger partial charge is 0.323 e. The highest BCUT2D eigenvalue weighted by atomic mass is 127. The molecule has 2 atom stereocenters. The molecule has 2 unspecified atom stereocenters. The maximum absolute atomic E-state index is 13.2. The van der Waals surface area contributed by atoms with Gasteiger partial charge in [-0.1, -0.05) is 12.1 Å². The lowest BCUT2D eigenvalue weighted by Crippen LogP contribution is -2.25. The predicted molar refractivity (Wildman–Crippen MR) is 86.0 cm³/mol. The van der Waals surface area contributed by atoms with Crippen molar-refractivity contribution in [2.45, 2.75) is 31.2 Å². The summed E-state index contributed by atoms with van der Waals surface area (Å²) in [5.74, 6) is 0.00597. The summed E-state index contributed by atoms with van der Waals surface area (Å²) in [6.07, 6.45) is 5.08. The maximum atomic E-state index is 13.2. The Hall–Kier alpha value is -1.01. The van der Waals surface area contributed by atoms with E-state index in [1.54, 1.807) is 6.07 Å². The van der Waals surface area contributed by atoms with E-state index in [0.717, 1.165) is 34.1 Å². The summed E-state index contributed by atoms with van der Waals surface area (Å²) < 4.78 is 14.1. The molecule has 1 heterocycles. The second-order valence-corrected chi connectivity index (χ2v) is 6.40. The van der Waals surface area contributed by atoms with Gasteiger partial charge >= 0.3 is 0 Å². The molecule has 2 nitrogen and oxygen atoms in total. The normalized spacial score (nSPS) is 19.4. The van der Waals surface area contributed by atoms with E-state index in [1.165, 1.54) is 17.7 Å². The van der Waals surface area contributed by atoms with E-state index in [2.05, 4.69) is 33.6 Å². The minimum Gasteiger partial charge on any atom is -0.323 e. The summed E-state index contributed by atoms with van der Waals surface area (Å²) in [5.41, 5.74) is 9.90. The van der Waals surface area contributed by atoms with Gasteiger partial charge in [-0.25, -0.2) is 4.39 Å². The first-order chi connectivity index (χ1) is 9.66. The Morgan fingerprint density at radius 2 is 2.20 bits per heavy atom. The predicted octanol–water partition coefficient (Wildman–Crippen LogP) is 3.95. The van der Waals surface area contributed by atoms with Gasteiger partial charge in [0.25, 0.3) is 0 Å². The number of hydrogen-bond acceptors (Lipinski definition) is 2. The van der Waals surface area contributed by atoms with Gasteiger partial charge in [0, 0.05) is 27.4 Å². The van der Waals surface area contributed by atoms with Gasteiger partial charge in [-0.15, -0.1) is 0 Å². The van der Waals surface area contributed by atoms with Gasteiger partial charge in [-0.3, -0.25) is 4.98 Å². The van der Waals surface area contributed by atoms with Crippen molar-refractivity contribution in [2.75, 3.05) is 0 Å². The molecular formula is C16H16FIN2. The van der Waals surface area contributed by atoms with E-state index < -0.39 is 0 Å². The Balaban J connectivity index is 1.97. The Labute approximate surface area is 131 Å². The molecule has 3 rings (SSSR count). The highest BCUT2D eigenvalue weighted by Gasteiger charge is 2.28. The lowest BCUT2D eigenvalue weighted by Gasteiger charge is -2.29. The molecule has 2 N–H and O–H groups in total. The maximum Gasteiger partial charge on any atom is 0.124 e. The number of aromatic nitrogens is 1. The molecule has 1 aliphatic rings. The van der Waals surface area contributed by atoms with E-state index in [9.17, 15) is 4.39 Å². The fraction of sp³-hybridized carbons (Fsp3) is 0.312. The number of nitrogens with two attached hydrogens (primary N) is 1. The third-order valence-electron chi connectivity index (χ3n) is 3.99. The fourth-order valence-electron chi connectivity index (χ4n) is 2.98. The minimum absolute atomic E-state index is 0.128. The van der Waals surface area contributed by atoms with Crippen LogP contribution in [0.2, 0.25) is 0 Å². The Morgan fingerprint density at radius 1 is 1.35 bits per heavy atom. The van der Waals surface area contributed by atoms with Gasteiger partial charge in [-0.2, -0.15) is 0 Å². The first kappa shape index (κ1) is 13.9. The molecule has 4 heteroatoms. The number of aryl methyl sites for hydroxylation is 1. The van der Waals surface area contributed by atoms with Gasteiger partial charge in [-0.05, 0) is 71.2 Å². The van der Waals surface area contributed by atoms with Gasteiger partial charge in [0.2, 0.25) is 0 Å². The second kappa shape index (κ2) is 5.77. The lowest BCUT2D eigenvalue weighted by molar-refractivity contribution is 0.461. The molecule has 1 aromatic carbocycles. The van der Waals surface area contributed by atoms with Crippen molar-refractivity contribution in [3.05, 3.63) is 62.7 Å². The second-order valence-electron chi connectivity index (χ2n) is 5.24. The van der Waals surface area contributed by atoms with Crippen molar-refractivity contribution in [3.63, 3.8) is 0 Å². The van der Waals surface area contributed by atoms with Crippen LogP contribution in [0.1, 0.15) is 41.6 Å². The SMILES string of the molecule is NC(c1ccc(F)cc1I)C1CCCc2cccnc21.